The molecular weight excluding hydrogens is 278 g/mol. The molecule has 0 spiro atoms. The van der Waals surface area contributed by atoms with Crippen LogP contribution in [0.4, 0.5) is 4.79 Å². The molecule has 1 aromatic carbocycles. The van der Waals surface area contributed by atoms with Crippen LogP contribution in [-0.4, -0.2) is 22.4 Å². The molecule has 0 radical (unpaired) electrons. The van der Waals surface area contributed by atoms with Gasteiger partial charge in [-0.15, -0.1) is 6.58 Å². The van der Waals surface area contributed by atoms with E-state index in [9.17, 15) is 9.90 Å². The van der Waals surface area contributed by atoms with Crippen molar-refractivity contribution in [2.24, 2.45) is 0 Å². The fourth-order valence-electron chi connectivity index (χ4n) is 3.58. The number of hydrogen-bond acceptors (Lipinski definition) is 3. The highest BCUT2D eigenvalue weighted by Crippen LogP contribution is 2.43. The Morgan fingerprint density at radius 1 is 1.55 bits per heavy atom. The molecule has 1 aromatic heterocycles. The molecule has 1 aliphatic carbocycles. The molecule has 0 aliphatic heterocycles. The molecule has 0 fully saturated rings. The van der Waals surface area contributed by atoms with Gasteiger partial charge in [0.1, 0.15) is 5.75 Å². The van der Waals surface area contributed by atoms with E-state index in [1.165, 1.54) is 0 Å². The number of aryl methyl sites for hydroxylation is 1. The van der Waals surface area contributed by atoms with Gasteiger partial charge in [0, 0.05) is 22.6 Å². The van der Waals surface area contributed by atoms with E-state index in [1.54, 1.807) is 23.6 Å². The fourth-order valence-corrected chi connectivity index (χ4v) is 3.58. The number of hydrogen-bond donors (Lipinski definition) is 1. The first-order chi connectivity index (χ1) is 10.6. The second kappa shape index (κ2) is 5.52. The van der Waals surface area contributed by atoms with E-state index >= 15 is 0 Å². The van der Waals surface area contributed by atoms with Crippen LogP contribution in [0.25, 0.3) is 10.9 Å². The first kappa shape index (κ1) is 14.7. The predicted octanol–water partition coefficient (Wildman–Crippen LogP) is 4.27. The first-order valence-corrected chi connectivity index (χ1v) is 7.75. The summed E-state index contributed by atoms with van der Waals surface area (Å²) in [4.78, 5) is 12.3. The van der Waals surface area contributed by atoms with Crippen molar-refractivity contribution in [3.63, 3.8) is 0 Å². The third-order valence-corrected chi connectivity index (χ3v) is 4.56. The number of ether oxygens (including phenoxy) is 1. The van der Waals surface area contributed by atoms with Crippen LogP contribution in [0.1, 0.15) is 42.5 Å². The van der Waals surface area contributed by atoms with Gasteiger partial charge in [0.2, 0.25) is 0 Å². The van der Waals surface area contributed by atoms with E-state index in [2.05, 4.69) is 6.58 Å². The molecule has 0 bridgehead atoms. The van der Waals surface area contributed by atoms with Crippen molar-refractivity contribution in [3.05, 3.63) is 41.6 Å². The van der Waals surface area contributed by atoms with Crippen LogP contribution in [0.2, 0.25) is 0 Å². The summed E-state index contributed by atoms with van der Waals surface area (Å²) >= 11 is 0. The van der Waals surface area contributed by atoms with Gasteiger partial charge in [-0.3, -0.25) is 0 Å². The van der Waals surface area contributed by atoms with Gasteiger partial charge < -0.3 is 9.84 Å². The molecule has 1 heterocycles. The lowest BCUT2D eigenvalue weighted by atomic mass is 9.92. The quantitative estimate of drug-likeness (QED) is 0.843. The third-order valence-electron chi connectivity index (χ3n) is 4.56. The summed E-state index contributed by atoms with van der Waals surface area (Å²) in [6.07, 6.45) is 4.40. The van der Waals surface area contributed by atoms with Crippen molar-refractivity contribution in [1.29, 1.82) is 0 Å². The summed E-state index contributed by atoms with van der Waals surface area (Å²) in [5.74, 6) is 0.393. The zero-order valence-corrected chi connectivity index (χ0v) is 13.1. The summed E-state index contributed by atoms with van der Waals surface area (Å²) in [5.41, 5.74) is 3.75. The van der Waals surface area contributed by atoms with E-state index < -0.39 is 0 Å². The van der Waals surface area contributed by atoms with Crippen LogP contribution in [0.5, 0.6) is 5.75 Å². The zero-order valence-electron chi connectivity index (χ0n) is 13.1. The standard InChI is InChI=1S/C18H21NO3/c1-4-12-7-6-8-13-11(3)19(18(21)22-5-2)14-9-10-15(20)16(12)17(13)14/h4,9-10,12,20H,1,5-8H2,2-3H3. The average molecular weight is 299 g/mol. The zero-order chi connectivity index (χ0) is 15.9. The number of benzene rings is 1. The molecule has 1 atom stereocenters. The van der Waals surface area contributed by atoms with Crippen LogP contribution < -0.4 is 0 Å². The number of aromatic nitrogens is 1. The summed E-state index contributed by atoms with van der Waals surface area (Å²) in [7, 11) is 0. The number of phenols is 1. The highest BCUT2D eigenvalue weighted by atomic mass is 16.5. The van der Waals surface area contributed by atoms with Crippen molar-refractivity contribution >= 4 is 17.0 Å². The molecule has 4 heteroatoms. The minimum absolute atomic E-state index is 0.113. The lowest BCUT2D eigenvalue weighted by Crippen LogP contribution is -2.15. The Hall–Kier alpha value is -2.23. The molecular formula is C18H21NO3. The smallest absolute Gasteiger partial charge is 0.418 e. The second-order valence-corrected chi connectivity index (χ2v) is 5.73. The molecule has 0 saturated heterocycles. The lowest BCUT2D eigenvalue weighted by molar-refractivity contribution is 0.154. The number of carbonyl (C=O) groups is 1. The van der Waals surface area contributed by atoms with Crippen LogP contribution >= 0.6 is 0 Å². The van der Waals surface area contributed by atoms with Crippen molar-refractivity contribution < 1.29 is 14.6 Å². The van der Waals surface area contributed by atoms with Crippen molar-refractivity contribution in [2.45, 2.75) is 39.0 Å². The van der Waals surface area contributed by atoms with Crippen LogP contribution in [0, 0.1) is 6.92 Å². The minimum atomic E-state index is -0.358. The molecule has 0 amide bonds. The van der Waals surface area contributed by atoms with Crippen LogP contribution in [0.3, 0.4) is 0 Å². The van der Waals surface area contributed by atoms with Crippen LogP contribution in [-0.2, 0) is 11.2 Å². The monoisotopic (exact) mass is 299 g/mol. The molecule has 2 aromatic rings. The molecule has 0 saturated carbocycles. The Labute approximate surface area is 130 Å². The van der Waals surface area contributed by atoms with Gasteiger partial charge in [-0.05, 0) is 50.8 Å². The van der Waals surface area contributed by atoms with Gasteiger partial charge in [-0.1, -0.05) is 6.08 Å². The minimum Gasteiger partial charge on any atom is -0.508 e. The molecule has 1 aliphatic rings. The number of aromatic hydroxyl groups is 1. The van der Waals surface area contributed by atoms with Gasteiger partial charge >= 0.3 is 6.09 Å². The van der Waals surface area contributed by atoms with E-state index in [-0.39, 0.29) is 17.8 Å². The summed E-state index contributed by atoms with van der Waals surface area (Å²) < 4.78 is 6.82. The lowest BCUT2D eigenvalue weighted by Gasteiger charge is -2.14. The number of phenolic OH excluding ortho intramolecular Hbond substituents is 1. The van der Waals surface area contributed by atoms with Crippen molar-refractivity contribution in [2.75, 3.05) is 6.61 Å². The molecule has 1 unspecified atom stereocenters. The van der Waals surface area contributed by atoms with E-state index in [0.717, 1.165) is 47.0 Å². The Balaban J connectivity index is 2.37. The highest BCUT2D eigenvalue weighted by Gasteiger charge is 2.27. The van der Waals surface area contributed by atoms with E-state index in [0.29, 0.717) is 6.61 Å². The van der Waals surface area contributed by atoms with Gasteiger partial charge in [-0.25, -0.2) is 9.36 Å². The molecule has 4 nitrogen and oxygen atoms in total. The first-order valence-electron chi connectivity index (χ1n) is 7.75. The Bertz CT molecular complexity index is 758. The number of rotatable bonds is 2. The average Bonchev–Trinajstić information content (AvgIpc) is 2.66. The maximum Gasteiger partial charge on any atom is 0.418 e. The topological polar surface area (TPSA) is 51.5 Å². The number of carbonyl (C=O) groups excluding carboxylic acids is 1. The molecule has 116 valence electrons. The van der Waals surface area contributed by atoms with E-state index in [4.69, 9.17) is 4.74 Å². The van der Waals surface area contributed by atoms with Crippen molar-refractivity contribution in [3.8, 4) is 5.75 Å². The summed E-state index contributed by atoms with van der Waals surface area (Å²) in [6, 6.07) is 3.46. The Morgan fingerprint density at radius 2 is 2.32 bits per heavy atom. The Kier molecular flexibility index (Phi) is 3.69. The fraction of sp³-hybridized carbons (Fsp3) is 0.389. The molecule has 1 N–H and O–H groups in total. The maximum absolute atomic E-state index is 12.3. The number of allylic oxidation sites excluding steroid dienone is 1. The van der Waals surface area contributed by atoms with E-state index in [1.807, 2.05) is 13.0 Å². The molecule has 22 heavy (non-hydrogen) atoms. The largest absolute Gasteiger partial charge is 0.508 e. The third kappa shape index (κ3) is 2.02. The Morgan fingerprint density at radius 3 is 3.00 bits per heavy atom. The maximum atomic E-state index is 12.3. The second-order valence-electron chi connectivity index (χ2n) is 5.73. The predicted molar refractivity (Wildman–Crippen MR) is 86.6 cm³/mol. The summed E-state index contributed by atoms with van der Waals surface area (Å²) in [6.45, 7) is 8.00. The van der Waals surface area contributed by atoms with Gasteiger partial charge in [0.25, 0.3) is 0 Å². The summed E-state index contributed by atoms with van der Waals surface area (Å²) in [5, 5.41) is 11.4. The van der Waals surface area contributed by atoms with Gasteiger partial charge in [0.15, 0.2) is 0 Å². The highest BCUT2D eigenvalue weighted by molar-refractivity contribution is 5.97. The van der Waals surface area contributed by atoms with Gasteiger partial charge in [-0.2, -0.15) is 0 Å². The van der Waals surface area contributed by atoms with Crippen molar-refractivity contribution in [1.82, 2.24) is 4.57 Å². The SMILES string of the molecule is C=CC1CCCc2c(C)n(C(=O)OCC)c3ccc(O)c1c23. The van der Waals surface area contributed by atoms with Gasteiger partial charge in [0.05, 0.1) is 12.1 Å². The molecule has 3 rings (SSSR count). The normalized spacial score (nSPS) is 17.3. The van der Waals surface area contributed by atoms with Crippen LogP contribution in [0.15, 0.2) is 24.8 Å². The number of nitrogens with zero attached hydrogens (tertiary/aromatic N) is 1.